The number of nitrogens with zero attached hydrogens (tertiary/aromatic N) is 2. The van der Waals surface area contributed by atoms with Crippen LogP contribution in [0, 0.1) is 6.92 Å². The summed E-state index contributed by atoms with van der Waals surface area (Å²) in [5.74, 6) is -0.296. The van der Waals surface area contributed by atoms with Gasteiger partial charge in [-0.05, 0) is 37.6 Å². The zero-order valence-electron chi connectivity index (χ0n) is 18.1. The summed E-state index contributed by atoms with van der Waals surface area (Å²) in [5.41, 5.74) is 4.50. The van der Waals surface area contributed by atoms with E-state index in [1.165, 1.54) is 11.3 Å². The first kappa shape index (κ1) is 23.6. The minimum absolute atomic E-state index is 0.117. The number of aryl methyl sites for hydroxylation is 1. The molecule has 0 saturated heterocycles. The Kier molecular flexibility index (Phi) is 6.73. The van der Waals surface area contributed by atoms with Crippen LogP contribution in [0.2, 0.25) is 0 Å². The second-order valence-electron chi connectivity index (χ2n) is 7.65. The van der Waals surface area contributed by atoms with E-state index in [1.807, 2.05) is 41.8 Å². The Morgan fingerprint density at radius 3 is 2.74 bits per heavy atom. The SMILES string of the molecule is Cc1cccc(-c2cn3c(n2)sc2cc(C(=O)NCCCOC(=O)NCC(F)(F)F)ccc23)c1. The van der Waals surface area contributed by atoms with Gasteiger partial charge in [0.25, 0.3) is 5.91 Å². The van der Waals surface area contributed by atoms with Crippen LogP contribution in [0.3, 0.4) is 0 Å². The third-order valence-corrected chi connectivity index (χ3v) is 5.96. The lowest BCUT2D eigenvalue weighted by Crippen LogP contribution is -2.34. The molecular formula is C23H21F3N4O3S. The highest BCUT2D eigenvalue weighted by molar-refractivity contribution is 7.23. The zero-order chi connectivity index (χ0) is 24.3. The van der Waals surface area contributed by atoms with Crippen molar-refractivity contribution in [1.29, 1.82) is 0 Å². The van der Waals surface area contributed by atoms with Gasteiger partial charge in [-0.1, -0.05) is 35.1 Å². The van der Waals surface area contributed by atoms with E-state index in [9.17, 15) is 22.8 Å². The van der Waals surface area contributed by atoms with Crippen LogP contribution in [0.4, 0.5) is 18.0 Å². The highest BCUT2D eigenvalue weighted by atomic mass is 32.1. The number of thiazole rings is 1. The van der Waals surface area contributed by atoms with E-state index in [1.54, 1.807) is 17.4 Å². The number of nitrogens with one attached hydrogen (secondary N) is 2. The maximum Gasteiger partial charge on any atom is 0.407 e. The Labute approximate surface area is 196 Å². The van der Waals surface area contributed by atoms with E-state index < -0.39 is 18.8 Å². The number of carbonyl (C=O) groups excluding carboxylic acids is 2. The van der Waals surface area contributed by atoms with Gasteiger partial charge in [0.2, 0.25) is 0 Å². The molecule has 4 aromatic rings. The average Bonchev–Trinajstić information content (AvgIpc) is 3.34. The molecule has 0 unspecified atom stereocenters. The average molecular weight is 491 g/mol. The Morgan fingerprint density at radius 1 is 1.15 bits per heavy atom. The summed E-state index contributed by atoms with van der Waals surface area (Å²) in [6.07, 6.45) is -3.40. The van der Waals surface area contributed by atoms with Crippen LogP contribution in [-0.2, 0) is 4.74 Å². The van der Waals surface area contributed by atoms with Gasteiger partial charge in [-0.2, -0.15) is 13.2 Å². The maximum absolute atomic E-state index is 12.4. The number of carbonyl (C=O) groups is 2. The molecule has 178 valence electrons. The molecule has 2 aromatic heterocycles. The van der Waals surface area contributed by atoms with Crippen LogP contribution >= 0.6 is 11.3 Å². The Balaban J connectivity index is 1.32. The first-order valence-corrected chi connectivity index (χ1v) is 11.3. The number of amides is 2. The molecule has 2 heterocycles. The summed E-state index contributed by atoms with van der Waals surface area (Å²) < 4.78 is 43.6. The number of fused-ring (bicyclic) bond motifs is 3. The quantitative estimate of drug-likeness (QED) is 0.360. The fourth-order valence-corrected chi connectivity index (χ4v) is 4.40. The van der Waals surface area contributed by atoms with Crippen LogP contribution in [-0.4, -0.2) is 47.3 Å². The van der Waals surface area contributed by atoms with Crippen LogP contribution in [0.5, 0.6) is 0 Å². The van der Waals surface area contributed by atoms with Crippen molar-refractivity contribution in [2.24, 2.45) is 0 Å². The number of hydrogen-bond acceptors (Lipinski definition) is 5. The maximum atomic E-state index is 12.4. The molecule has 0 aliphatic rings. The molecule has 0 atom stereocenters. The summed E-state index contributed by atoms with van der Waals surface area (Å²) in [4.78, 5) is 29.2. The molecule has 0 spiro atoms. The van der Waals surface area contributed by atoms with E-state index in [-0.39, 0.29) is 25.5 Å². The molecule has 7 nitrogen and oxygen atoms in total. The van der Waals surface area contributed by atoms with Gasteiger partial charge in [-0.3, -0.25) is 9.20 Å². The minimum Gasteiger partial charge on any atom is -0.449 e. The molecule has 0 fully saturated rings. The molecule has 0 aliphatic carbocycles. The van der Waals surface area contributed by atoms with Crippen molar-refractivity contribution < 1.29 is 27.5 Å². The minimum atomic E-state index is -4.50. The topological polar surface area (TPSA) is 84.7 Å². The van der Waals surface area contributed by atoms with E-state index in [4.69, 9.17) is 4.98 Å². The molecular weight excluding hydrogens is 469 g/mol. The summed E-state index contributed by atoms with van der Waals surface area (Å²) in [6.45, 7) is 0.670. The standard InChI is InChI=1S/C23H21F3N4O3S/c1-14-4-2-5-15(10-14)17-12-30-18-7-6-16(11-19(18)34-21(30)29-17)20(31)27-8-3-9-33-22(32)28-13-23(24,25)26/h2,4-7,10-12H,3,8-9,13H2,1H3,(H,27,31)(H,28,32). The van der Waals surface area contributed by atoms with E-state index >= 15 is 0 Å². The molecule has 0 saturated carbocycles. The molecule has 2 amide bonds. The number of imidazole rings is 1. The van der Waals surface area contributed by atoms with Crippen LogP contribution in [0.25, 0.3) is 26.4 Å². The predicted molar refractivity (Wildman–Crippen MR) is 123 cm³/mol. The Hall–Kier alpha value is -3.60. The van der Waals surface area contributed by atoms with Crippen LogP contribution in [0.1, 0.15) is 22.3 Å². The zero-order valence-corrected chi connectivity index (χ0v) is 18.9. The van der Waals surface area contributed by atoms with Crippen molar-refractivity contribution in [3.05, 3.63) is 59.8 Å². The molecule has 0 radical (unpaired) electrons. The first-order valence-electron chi connectivity index (χ1n) is 10.4. The van der Waals surface area contributed by atoms with Crippen molar-refractivity contribution in [3.8, 4) is 11.3 Å². The number of rotatable bonds is 7. The molecule has 11 heteroatoms. The van der Waals surface area contributed by atoms with Crippen LogP contribution in [0.15, 0.2) is 48.7 Å². The number of alkyl halides is 3. The second-order valence-corrected chi connectivity index (χ2v) is 8.66. The molecule has 2 aromatic carbocycles. The smallest absolute Gasteiger partial charge is 0.407 e. The highest BCUT2D eigenvalue weighted by Gasteiger charge is 2.28. The highest BCUT2D eigenvalue weighted by Crippen LogP contribution is 2.30. The molecule has 2 N–H and O–H groups in total. The summed E-state index contributed by atoms with van der Waals surface area (Å²) in [5, 5.41) is 4.32. The molecule has 0 bridgehead atoms. The molecule has 0 aliphatic heterocycles. The Morgan fingerprint density at radius 2 is 1.97 bits per heavy atom. The van der Waals surface area contributed by atoms with Crippen molar-refractivity contribution >= 4 is 38.5 Å². The van der Waals surface area contributed by atoms with E-state index in [0.717, 1.165) is 32.0 Å². The molecule has 34 heavy (non-hydrogen) atoms. The lowest BCUT2D eigenvalue weighted by molar-refractivity contribution is -0.123. The summed E-state index contributed by atoms with van der Waals surface area (Å²) in [7, 11) is 0. The van der Waals surface area contributed by atoms with E-state index in [2.05, 4.69) is 16.1 Å². The van der Waals surface area contributed by atoms with Gasteiger partial charge >= 0.3 is 12.3 Å². The Bertz CT molecular complexity index is 1350. The number of alkyl carbamates (subject to hydrolysis) is 1. The van der Waals surface area contributed by atoms with Gasteiger partial charge in [-0.15, -0.1) is 0 Å². The third kappa shape index (κ3) is 5.66. The lowest BCUT2D eigenvalue weighted by Gasteiger charge is -2.09. The first-order chi connectivity index (χ1) is 16.2. The number of hydrogen-bond donors (Lipinski definition) is 2. The third-order valence-electron chi connectivity index (χ3n) is 4.94. The van der Waals surface area contributed by atoms with Gasteiger partial charge in [-0.25, -0.2) is 9.78 Å². The summed E-state index contributed by atoms with van der Waals surface area (Å²) >= 11 is 1.48. The van der Waals surface area contributed by atoms with Gasteiger partial charge in [0.1, 0.15) is 6.54 Å². The lowest BCUT2D eigenvalue weighted by atomic mass is 10.1. The molecule has 4 rings (SSSR count). The van der Waals surface area contributed by atoms with Crippen molar-refractivity contribution in [2.75, 3.05) is 19.7 Å². The van der Waals surface area contributed by atoms with Gasteiger partial charge in [0.15, 0.2) is 4.96 Å². The predicted octanol–water partition coefficient (Wildman–Crippen LogP) is 4.93. The number of halogens is 3. The van der Waals surface area contributed by atoms with Gasteiger partial charge in [0.05, 0.1) is 22.5 Å². The van der Waals surface area contributed by atoms with Crippen molar-refractivity contribution in [2.45, 2.75) is 19.5 Å². The number of ether oxygens (including phenoxy) is 1. The van der Waals surface area contributed by atoms with E-state index in [0.29, 0.717) is 5.56 Å². The second kappa shape index (κ2) is 9.72. The van der Waals surface area contributed by atoms with Crippen molar-refractivity contribution in [1.82, 2.24) is 20.0 Å². The fraction of sp³-hybridized carbons (Fsp3) is 0.261. The normalized spacial score (nSPS) is 11.6. The van der Waals surface area contributed by atoms with Gasteiger partial charge in [0, 0.05) is 23.9 Å². The van der Waals surface area contributed by atoms with Crippen molar-refractivity contribution in [3.63, 3.8) is 0 Å². The monoisotopic (exact) mass is 490 g/mol. The van der Waals surface area contributed by atoms with Crippen LogP contribution < -0.4 is 10.6 Å². The number of benzene rings is 2. The van der Waals surface area contributed by atoms with Gasteiger partial charge < -0.3 is 15.4 Å². The fourth-order valence-electron chi connectivity index (χ4n) is 3.35. The largest absolute Gasteiger partial charge is 0.449 e. The number of aromatic nitrogens is 2. The summed E-state index contributed by atoms with van der Waals surface area (Å²) in [6, 6.07) is 13.5.